The van der Waals surface area contributed by atoms with Gasteiger partial charge in [-0.3, -0.25) is 9.59 Å². The minimum Gasteiger partial charge on any atom is -0.345 e. The third-order valence-corrected chi connectivity index (χ3v) is 5.38. The van der Waals surface area contributed by atoms with Crippen LogP contribution in [-0.4, -0.2) is 39.4 Å². The smallest absolute Gasteiger partial charge is 0.244 e. The zero-order chi connectivity index (χ0) is 20.8. The van der Waals surface area contributed by atoms with Crippen LogP contribution in [0.3, 0.4) is 0 Å². The standard InChI is InChI=1S/C24H26N4O2/c29-23(14-13-19-9-3-1-4-10-19)25-17-22-26-20-11-5-6-12-21(20)28(22)18-24(30)27-15-7-2-8-16-27/h1,3-6,9-14H,2,7-8,15-18H2,(H,25,29)/b14-13-. The van der Waals surface area contributed by atoms with Crippen molar-refractivity contribution in [3.8, 4) is 0 Å². The fraction of sp³-hybridized carbons (Fsp3) is 0.292. The summed E-state index contributed by atoms with van der Waals surface area (Å²) in [6.07, 6.45) is 6.60. The Labute approximate surface area is 176 Å². The summed E-state index contributed by atoms with van der Waals surface area (Å²) in [7, 11) is 0. The van der Waals surface area contributed by atoms with Crippen molar-refractivity contribution < 1.29 is 9.59 Å². The number of para-hydroxylation sites is 2. The lowest BCUT2D eigenvalue weighted by molar-refractivity contribution is -0.132. The Bertz CT molecular complexity index is 1050. The van der Waals surface area contributed by atoms with Gasteiger partial charge in [-0.05, 0) is 43.0 Å². The minimum atomic E-state index is -0.195. The van der Waals surface area contributed by atoms with Crippen molar-refractivity contribution in [1.82, 2.24) is 19.8 Å². The van der Waals surface area contributed by atoms with E-state index in [4.69, 9.17) is 0 Å². The number of aromatic nitrogens is 2. The van der Waals surface area contributed by atoms with Crippen molar-refractivity contribution in [2.24, 2.45) is 0 Å². The maximum Gasteiger partial charge on any atom is 0.244 e. The number of carbonyl (C=O) groups is 2. The number of piperidine rings is 1. The molecule has 3 aromatic rings. The molecule has 1 saturated heterocycles. The molecule has 0 spiro atoms. The Hall–Kier alpha value is -3.41. The molecule has 6 heteroatoms. The topological polar surface area (TPSA) is 67.2 Å². The first-order valence-corrected chi connectivity index (χ1v) is 10.4. The van der Waals surface area contributed by atoms with Crippen molar-refractivity contribution in [3.05, 3.63) is 72.1 Å². The van der Waals surface area contributed by atoms with Crippen LogP contribution in [0.4, 0.5) is 0 Å². The Balaban J connectivity index is 1.47. The molecule has 2 heterocycles. The van der Waals surface area contributed by atoms with Crippen LogP contribution in [0, 0.1) is 0 Å². The monoisotopic (exact) mass is 402 g/mol. The zero-order valence-electron chi connectivity index (χ0n) is 17.0. The minimum absolute atomic E-state index is 0.106. The number of fused-ring (bicyclic) bond motifs is 1. The van der Waals surface area contributed by atoms with Crippen molar-refractivity contribution in [2.75, 3.05) is 13.1 Å². The van der Waals surface area contributed by atoms with Crippen molar-refractivity contribution >= 4 is 28.9 Å². The molecule has 1 aliphatic rings. The van der Waals surface area contributed by atoms with Gasteiger partial charge in [0.1, 0.15) is 12.4 Å². The van der Waals surface area contributed by atoms with Crippen LogP contribution in [0.1, 0.15) is 30.7 Å². The predicted octanol–water partition coefficient (Wildman–Crippen LogP) is 3.38. The van der Waals surface area contributed by atoms with Crippen LogP contribution in [0.2, 0.25) is 0 Å². The molecule has 0 aliphatic carbocycles. The lowest BCUT2D eigenvalue weighted by atomic mass is 10.1. The summed E-state index contributed by atoms with van der Waals surface area (Å²) in [5.41, 5.74) is 2.70. The molecular weight excluding hydrogens is 376 g/mol. The summed E-state index contributed by atoms with van der Waals surface area (Å²) in [4.78, 5) is 31.7. The SMILES string of the molecule is O=C(/C=C\c1ccccc1)NCc1nc2ccccc2n1CC(=O)N1CCCCC1. The highest BCUT2D eigenvalue weighted by atomic mass is 16.2. The number of likely N-dealkylation sites (tertiary alicyclic amines) is 1. The van der Waals surface area contributed by atoms with Crippen LogP contribution < -0.4 is 5.32 Å². The molecule has 0 radical (unpaired) electrons. The third-order valence-electron chi connectivity index (χ3n) is 5.38. The Morgan fingerprint density at radius 3 is 2.50 bits per heavy atom. The van der Waals surface area contributed by atoms with Gasteiger partial charge < -0.3 is 14.8 Å². The second kappa shape index (κ2) is 9.39. The second-order valence-corrected chi connectivity index (χ2v) is 7.51. The first-order chi connectivity index (χ1) is 14.7. The molecule has 4 rings (SSSR count). The van der Waals surface area contributed by atoms with Gasteiger partial charge in [0.05, 0.1) is 17.6 Å². The summed E-state index contributed by atoms with van der Waals surface area (Å²) in [5.74, 6) is 0.595. The molecular formula is C24H26N4O2. The summed E-state index contributed by atoms with van der Waals surface area (Å²) >= 11 is 0. The molecule has 6 nitrogen and oxygen atoms in total. The number of imidazole rings is 1. The van der Waals surface area contributed by atoms with E-state index >= 15 is 0 Å². The van der Waals surface area contributed by atoms with E-state index in [2.05, 4.69) is 10.3 Å². The predicted molar refractivity (Wildman–Crippen MR) is 117 cm³/mol. The molecule has 0 unspecified atom stereocenters. The lowest BCUT2D eigenvalue weighted by Crippen LogP contribution is -2.38. The highest BCUT2D eigenvalue weighted by Gasteiger charge is 2.20. The van der Waals surface area contributed by atoms with Crippen LogP contribution in [0.15, 0.2) is 60.7 Å². The van der Waals surface area contributed by atoms with E-state index < -0.39 is 0 Å². The van der Waals surface area contributed by atoms with Crippen LogP contribution >= 0.6 is 0 Å². The number of nitrogens with one attached hydrogen (secondary N) is 1. The molecule has 1 aromatic heterocycles. The van der Waals surface area contributed by atoms with Gasteiger partial charge in [-0.2, -0.15) is 0 Å². The van der Waals surface area contributed by atoms with Gasteiger partial charge in [-0.15, -0.1) is 0 Å². The van der Waals surface area contributed by atoms with E-state index in [1.165, 1.54) is 12.5 Å². The Morgan fingerprint density at radius 1 is 0.967 bits per heavy atom. The van der Waals surface area contributed by atoms with Crippen LogP contribution in [0.5, 0.6) is 0 Å². The number of benzene rings is 2. The fourth-order valence-corrected chi connectivity index (χ4v) is 3.78. The first-order valence-electron chi connectivity index (χ1n) is 10.4. The molecule has 30 heavy (non-hydrogen) atoms. The van der Waals surface area contributed by atoms with Crippen molar-refractivity contribution in [3.63, 3.8) is 0 Å². The Morgan fingerprint density at radius 2 is 1.70 bits per heavy atom. The Kier molecular flexibility index (Phi) is 6.23. The second-order valence-electron chi connectivity index (χ2n) is 7.51. The first kappa shape index (κ1) is 19.9. The number of amides is 2. The fourth-order valence-electron chi connectivity index (χ4n) is 3.78. The summed E-state index contributed by atoms with van der Waals surface area (Å²) in [6, 6.07) is 17.4. The van der Waals surface area contributed by atoms with Gasteiger partial charge in [0.2, 0.25) is 11.8 Å². The molecule has 1 aliphatic heterocycles. The zero-order valence-corrected chi connectivity index (χ0v) is 17.0. The van der Waals surface area contributed by atoms with Gasteiger partial charge in [0.15, 0.2) is 0 Å². The highest BCUT2D eigenvalue weighted by molar-refractivity contribution is 5.91. The van der Waals surface area contributed by atoms with Crippen molar-refractivity contribution in [1.29, 1.82) is 0 Å². The van der Waals surface area contributed by atoms with Crippen LogP contribution in [-0.2, 0) is 22.7 Å². The lowest BCUT2D eigenvalue weighted by Gasteiger charge is -2.27. The molecule has 2 amide bonds. The van der Waals surface area contributed by atoms with Gasteiger partial charge in [-0.25, -0.2) is 4.98 Å². The van der Waals surface area contributed by atoms with Gasteiger partial charge in [0, 0.05) is 19.2 Å². The van der Waals surface area contributed by atoms with E-state index in [0.717, 1.165) is 42.5 Å². The van der Waals surface area contributed by atoms with E-state index in [1.54, 1.807) is 6.08 Å². The van der Waals surface area contributed by atoms with Gasteiger partial charge in [-0.1, -0.05) is 42.5 Å². The molecule has 0 bridgehead atoms. The average molecular weight is 402 g/mol. The van der Waals surface area contributed by atoms with Crippen molar-refractivity contribution in [2.45, 2.75) is 32.4 Å². The molecule has 0 saturated carbocycles. The normalized spacial score (nSPS) is 14.3. The van der Waals surface area contributed by atoms with E-state index in [9.17, 15) is 9.59 Å². The summed E-state index contributed by atoms with van der Waals surface area (Å²) in [6.45, 7) is 2.15. The maximum absolute atomic E-state index is 12.8. The number of carbonyl (C=O) groups excluding carboxylic acids is 2. The molecule has 0 atom stereocenters. The molecule has 154 valence electrons. The number of nitrogens with zero attached hydrogens (tertiary/aromatic N) is 3. The van der Waals surface area contributed by atoms with Gasteiger partial charge in [0.25, 0.3) is 0 Å². The largest absolute Gasteiger partial charge is 0.345 e. The molecule has 2 aromatic carbocycles. The van der Waals surface area contributed by atoms with E-state index in [0.29, 0.717) is 5.82 Å². The van der Waals surface area contributed by atoms with E-state index in [1.807, 2.05) is 64.1 Å². The summed E-state index contributed by atoms with van der Waals surface area (Å²) < 4.78 is 1.92. The molecule has 1 N–H and O–H groups in total. The van der Waals surface area contributed by atoms with Gasteiger partial charge >= 0.3 is 0 Å². The number of hydrogen-bond donors (Lipinski definition) is 1. The third kappa shape index (κ3) is 4.76. The molecule has 1 fully saturated rings. The highest BCUT2D eigenvalue weighted by Crippen LogP contribution is 2.17. The summed E-state index contributed by atoms with van der Waals surface area (Å²) in [5, 5.41) is 2.89. The van der Waals surface area contributed by atoms with E-state index in [-0.39, 0.29) is 24.9 Å². The number of rotatable bonds is 6. The maximum atomic E-state index is 12.8. The van der Waals surface area contributed by atoms with Crippen LogP contribution in [0.25, 0.3) is 17.1 Å². The quantitative estimate of drug-likeness (QED) is 0.643. The number of hydrogen-bond acceptors (Lipinski definition) is 3. The average Bonchev–Trinajstić information content (AvgIpc) is 3.15.